The van der Waals surface area contributed by atoms with E-state index in [1.54, 1.807) is 0 Å². The Hall–Kier alpha value is -1.30. The van der Waals surface area contributed by atoms with Gasteiger partial charge in [-0.05, 0) is 75.0 Å². The van der Waals surface area contributed by atoms with Crippen molar-refractivity contribution in [3.8, 4) is 6.07 Å². The van der Waals surface area contributed by atoms with Crippen LogP contribution in [-0.2, 0) is 9.53 Å². The summed E-state index contributed by atoms with van der Waals surface area (Å²) in [4.78, 5) is 11.7. The Bertz CT molecular complexity index is 560. The third kappa shape index (κ3) is 1.76. The molecule has 4 saturated carbocycles. The van der Waals surface area contributed by atoms with E-state index in [0.29, 0.717) is 23.7 Å². The van der Waals surface area contributed by atoms with E-state index >= 15 is 0 Å². The van der Waals surface area contributed by atoms with Gasteiger partial charge in [0.25, 0.3) is 0 Å². The van der Waals surface area contributed by atoms with E-state index in [0.717, 1.165) is 30.1 Å². The molecule has 8 atom stereocenters. The quantitative estimate of drug-likeness (QED) is 0.455. The normalized spacial score (nSPS) is 48.0. The van der Waals surface area contributed by atoms with Crippen LogP contribution in [-0.4, -0.2) is 11.6 Å². The van der Waals surface area contributed by atoms with E-state index in [1.165, 1.54) is 25.3 Å². The van der Waals surface area contributed by atoms with Crippen molar-refractivity contribution >= 4 is 5.97 Å². The third-order valence-electron chi connectivity index (χ3n) is 7.41. The Kier molecular flexibility index (Phi) is 2.99. The second-order valence-corrected chi connectivity index (χ2v) is 8.52. The molecule has 118 valence electrons. The zero-order valence-corrected chi connectivity index (χ0v) is 13.5. The van der Waals surface area contributed by atoms with Crippen LogP contribution in [0.1, 0.15) is 39.5 Å². The van der Waals surface area contributed by atoms with Gasteiger partial charge in [0.2, 0.25) is 0 Å². The van der Waals surface area contributed by atoms with Crippen LogP contribution in [0.15, 0.2) is 12.7 Å². The highest BCUT2D eigenvalue weighted by atomic mass is 16.6. The molecule has 22 heavy (non-hydrogen) atoms. The molecule has 0 amide bonds. The van der Waals surface area contributed by atoms with Crippen LogP contribution < -0.4 is 0 Å². The van der Waals surface area contributed by atoms with E-state index in [2.05, 4.69) is 26.5 Å². The Labute approximate surface area is 132 Å². The van der Waals surface area contributed by atoms with Gasteiger partial charge in [0.15, 0.2) is 0 Å². The lowest BCUT2D eigenvalue weighted by Gasteiger charge is -2.45. The topological polar surface area (TPSA) is 50.1 Å². The lowest BCUT2D eigenvalue weighted by Crippen LogP contribution is -2.45. The van der Waals surface area contributed by atoms with Gasteiger partial charge in [-0.2, -0.15) is 5.26 Å². The first-order valence-corrected chi connectivity index (χ1v) is 8.71. The van der Waals surface area contributed by atoms with E-state index in [1.807, 2.05) is 0 Å². The van der Waals surface area contributed by atoms with Crippen LogP contribution in [0, 0.1) is 58.7 Å². The van der Waals surface area contributed by atoms with Crippen molar-refractivity contribution in [2.75, 3.05) is 0 Å². The number of ether oxygens (including phenoxy) is 1. The van der Waals surface area contributed by atoms with Gasteiger partial charge in [0, 0.05) is 17.9 Å². The molecule has 4 fully saturated rings. The molecule has 0 aromatic carbocycles. The van der Waals surface area contributed by atoms with Crippen molar-refractivity contribution in [1.82, 2.24) is 0 Å². The fraction of sp³-hybridized carbons (Fsp3) is 0.789. The number of nitriles is 1. The molecule has 3 heteroatoms. The molecular weight excluding hydrogens is 274 g/mol. The fourth-order valence-electron chi connectivity index (χ4n) is 6.92. The summed E-state index contributed by atoms with van der Waals surface area (Å²) in [7, 11) is 0. The Morgan fingerprint density at radius 3 is 2.50 bits per heavy atom. The van der Waals surface area contributed by atoms with E-state index in [9.17, 15) is 10.1 Å². The molecule has 0 aliphatic heterocycles. The maximum atomic E-state index is 11.7. The number of carbonyl (C=O) groups excluding carboxylic acids is 1. The van der Waals surface area contributed by atoms with Crippen LogP contribution in [0.3, 0.4) is 0 Å². The summed E-state index contributed by atoms with van der Waals surface area (Å²) >= 11 is 0. The summed E-state index contributed by atoms with van der Waals surface area (Å²) in [5.74, 6) is 4.93. The number of hydrogen-bond donors (Lipinski definition) is 0. The number of hydrogen-bond acceptors (Lipinski definition) is 3. The van der Waals surface area contributed by atoms with Crippen molar-refractivity contribution in [2.24, 2.45) is 47.3 Å². The van der Waals surface area contributed by atoms with Crippen molar-refractivity contribution in [1.29, 1.82) is 5.26 Å². The lowest BCUT2D eigenvalue weighted by atomic mass is 9.62. The summed E-state index contributed by atoms with van der Waals surface area (Å²) in [5, 5.41) is 9.37. The van der Waals surface area contributed by atoms with Gasteiger partial charge in [-0.15, -0.1) is 0 Å². The molecule has 4 aliphatic carbocycles. The Morgan fingerprint density at radius 1 is 1.18 bits per heavy atom. The minimum atomic E-state index is -0.397. The van der Waals surface area contributed by atoms with Gasteiger partial charge >= 0.3 is 5.97 Å². The zero-order chi connectivity index (χ0) is 15.6. The first-order valence-electron chi connectivity index (χ1n) is 8.71. The van der Waals surface area contributed by atoms with Crippen LogP contribution >= 0.6 is 0 Å². The average Bonchev–Trinajstić information content (AvgIpc) is 3.22. The molecule has 0 radical (unpaired) electrons. The lowest BCUT2D eigenvalue weighted by molar-refractivity contribution is -0.159. The van der Waals surface area contributed by atoms with Crippen LogP contribution in [0.2, 0.25) is 0 Å². The summed E-state index contributed by atoms with van der Waals surface area (Å²) in [6, 6.07) is 2.56. The predicted molar refractivity (Wildman–Crippen MR) is 82.4 cm³/mol. The largest absolute Gasteiger partial charge is 0.456 e. The molecule has 4 bridgehead atoms. The number of nitrogens with zero attached hydrogens (tertiary/aromatic N) is 1. The SMILES string of the molecule is C=CC(=O)OC(C)(C)C1CC2CC1C1C3CC(C#N)C(C3)C21. The highest BCUT2D eigenvalue weighted by molar-refractivity contribution is 5.81. The summed E-state index contributed by atoms with van der Waals surface area (Å²) in [5.41, 5.74) is -0.397. The average molecular weight is 299 g/mol. The van der Waals surface area contributed by atoms with Crippen molar-refractivity contribution < 1.29 is 9.53 Å². The van der Waals surface area contributed by atoms with E-state index < -0.39 is 5.60 Å². The molecule has 8 unspecified atom stereocenters. The fourth-order valence-corrected chi connectivity index (χ4v) is 6.92. The standard InChI is InChI=1S/C19H25NO2/c1-4-16(21)22-19(2,3)15-8-11-7-14(15)18-10-5-12(9-20)13(6-10)17(11)18/h4,10-15,17-18H,1,5-8H2,2-3H3. The molecule has 4 rings (SSSR count). The number of carbonyl (C=O) groups is 1. The first kappa shape index (κ1) is 14.3. The van der Waals surface area contributed by atoms with Gasteiger partial charge in [0.1, 0.15) is 5.60 Å². The van der Waals surface area contributed by atoms with Crippen molar-refractivity contribution in [3.05, 3.63) is 12.7 Å². The molecule has 0 heterocycles. The second-order valence-electron chi connectivity index (χ2n) is 8.52. The molecule has 0 aromatic heterocycles. The van der Waals surface area contributed by atoms with Crippen molar-refractivity contribution in [3.63, 3.8) is 0 Å². The van der Waals surface area contributed by atoms with Gasteiger partial charge in [-0.1, -0.05) is 6.58 Å². The van der Waals surface area contributed by atoms with Gasteiger partial charge in [-0.3, -0.25) is 0 Å². The summed E-state index contributed by atoms with van der Waals surface area (Å²) in [6.45, 7) is 7.66. The molecule has 0 saturated heterocycles. The molecule has 0 N–H and O–H groups in total. The maximum absolute atomic E-state index is 11.7. The first-order chi connectivity index (χ1) is 10.5. The highest BCUT2D eigenvalue weighted by Gasteiger charge is 2.66. The Morgan fingerprint density at radius 2 is 1.82 bits per heavy atom. The highest BCUT2D eigenvalue weighted by Crippen LogP contribution is 2.71. The number of fused-ring (bicyclic) bond motifs is 9. The van der Waals surface area contributed by atoms with Crippen LogP contribution in [0.4, 0.5) is 0 Å². The predicted octanol–water partition coefficient (Wildman–Crippen LogP) is 3.56. The van der Waals surface area contributed by atoms with Gasteiger partial charge in [-0.25, -0.2) is 4.79 Å². The molecule has 0 spiro atoms. The van der Waals surface area contributed by atoms with E-state index in [4.69, 9.17) is 4.74 Å². The molecule has 3 nitrogen and oxygen atoms in total. The number of esters is 1. The van der Waals surface area contributed by atoms with Gasteiger partial charge < -0.3 is 4.74 Å². The minimum absolute atomic E-state index is 0.304. The zero-order valence-electron chi connectivity index (χ0n) is 13.5. The molecular formula is C19H25NO2. The third-order valence-corrected chi connectivity index (χ3v) is 7.41. The van der Waals surface area contributed by atoms with Crippen molar-refractivity contribution in [2.45, 2.75) is 45.1 Å². The molecule has 0 aromatic rings. The summed E-state index contributed by atoms with van der Waals surface area (Å²) in [6.07, 6.45) is 6.13. The smallest absolute Gasteiger partial charge is 0.330 e. The summed E-state index contributed by atoms with van der Waals surface area (Å²) < 4.78 is 5.69. The number of rotatable bonds is 3. The Balaban J connectivity index is 1.55. The monoisotopic (exact) mass is 299 g/mol. The van der Waals surface area contributed by atoms with Gasteiger partial charge in [0.05, 0.1) is 6.07 Å². The van der Waals surface area contributed by atoms with Crippen LogP contribution in [0.5, 0.6) is 0 Å². The minimum Gasteiger partial charge on any atom is -0.456 e. The van der Waals surface area contributed by atoms with Crippen LogP contribution in [0.25, 0.3) is 0 Å². The molecule has 4 aliphatic rings. The maximum Gasteiger partial charge on any atom is 0.330 e. The second kappa shape index (κ2) is 4.60. The van der Waals surface area contributed by atoms with E-state index in [-0.39, 0.29) is 5.97 Å².